The van der Waals surface area contributed by atoms with Crippen LogP contribution in [-0.4, -0.2) is 36.2 Å². The highest BCUT2D eigenvalue weighted by Crippen LogP contribution is 2.31. The Kier molecular flexibility index (Phi) is 6.80. The number of fused-ring (bicyclic) bond motifs is 1. The molecule has 2 heterocycles. The van der Waals surface area contributed by atoms with Crippen molar-refractivity contribution in [3.05, 3.63) is 29.3 Å². The second-order valence-corrected chi connectivity index (χ2v) is 5.11. The first kappa shape index (κ1) is 17.0. The largest absolute Gasteiger partial charge is 0.508 e. The number of rotatable bonds is 2. The Morgan fingerprint density at radius 1 is 1.21 bits per heavy atom. The van der Waals surface area contributed by atoms with Crippen molar-refractivity contribution in [2.45, 2.75) is 25.3 Å². The third kappa shape index (κ3) is 3.72. The van der Waals surface area contributed by atoms with Gasteiger partial charge in [-0.2, -0.15) is 0 Å². The molecule has 108 valence electrons. The van der Waals surface area contributed by atoms with Crippen LogP contribution in [0.25, 0.3) is 0 Å². The van der Waals surface area contributed by atoms with E-state index < -0.39 is 0 Å². The summed E-state index contributed by atoms with van der Waals surface area (Å²) in [6, 6.07) is 6.21. The smallest absolute Gasteiger partial charge is 0.120 e. The van der Waals surface area contributed by atoms with Crippen molar-refractivity contribution in [3.63, 3.8) is 0 Å². The van der Waals surface area contributed by atoms with E-state index in [-0.39, 0.29) is 34.0 Å². The van der Waals surface area contributed by atoms with Gasteiger partial charge in [0.15, 0.2) is 0 Å². The SMILES string of the molecule is Br.Br.Oc1cccc2c1C(CN1CCCC1)NCC2. The van der Waals surface area contributed by atoms with Gasteiger partial charge < -0.3 is 15.3 Å². The third-order valence-corrected chi connectivity index (χ3v) is 3.95. The highest BCUT2D eigenvalue weighted by molar-refractivity contribution is 8.93. The van der Waals surface area contributed by atoms with Crippen LogP contribution in [0.2, 0.25) is 0 Å². The number of nitrogens with zero attached hydrogens (tertiary/aromatic N) is 1. The Morgan fingerprint density at radius 3 is 2.68 bits per heavy atom. The fourth-order valence-corrected chi connectivity index (χ4v) is 3.08. The number of hydrogen-bond acceptors (Lipinski definition) is 3. The quantitative estimate of drug-likeness (QED) is 0.810. The molecule has 2 aliphatic heterocycles. The van der Waals surface area contributed by atoms with Crippen molar-refractivity contribution >= 4 is 34.0 Å². The average molecular weight is 394 g/mol. The first-order valence-electron chi connectivity index (χ1n) is 6.61. The van der Waals surface area contributed by atoms with E-state index in [1.165, 1.54) is 31.5 Å². The second-order valence-electron chi connectivity index (χ2n) is 5.11. The fraction of sp³-hybridized carbons (Fsp3) is 0.571. The van der Waals surface area contributed by atoms with E-state index in [9.17, 15) is 5.11 Å². The number of phenolic OH excluding ortho intramolecular Hbond substituents is 1. The first-order valence-corrected chi connectivity index (χ1v) is 6.61. The summed E-state index contributed by atoms with van der Waals surface area (Å²) in [7, 11) is 0. The number of nitrogens with one attached hydrogen (secondary N) is 1. The lowest BCUT2D eigenvalue weighted by atomic mass is 9.93. The number of hydrogen-bond donors (Lipinski definition) is 2. The molecule has 0 saturated carbocycles. The maximum atomic E-state index is 10.0. The van der Waals surface area contributed by atoms with Gasteiger partial charge in [0, 0.05) is 18.2 Å². The molecule has 1 atom stereocenters. The fourth-order valence-electron chi connectivity index (χ4n) is 3.08. The Bertz CT molecular complexity index is 408. The van der Waals surface area contributed by atoms with Crippen molar-refractivity contribution in [1.82, 2.24) is 10.2 Å². The molecule has 2 aliphatic rings. The zero-order valence-corrected chi connectivity index (χ0v) is 14.4. The third-order valence-electron chi connectivity index (χ3n) is 3.95. The topological polar surface area (TPSA) is 35.5 Å². The van der Waals surface area contributed by atoms with Crippen molar-refractivity contribution in [2.24, 2.45) is 0 Å². The number of aromatic hydroxyl groups is 1. The summed E-state index contributed by atoms with van der Waals surface area (Å²) in [6.07, 6.45) is 3.67. The molecule has 1 fully saturated rings. The van der Waals surface area contributed by atoms with Crippen molar-refractivity contribution < 1.29 is 5.11 Å². The molecule has 3 rings (SSSR count). The standard InChI is InChI=1S/C14H20N2O.2BrH/c17-13-5-3-4-11-6-7-15-12(14(11)13)10-16-8-1-2-9-16;;/h3-5,12,15,17H,1-2,6-10H2;2*1H. The van der Waals surface area contributed by atoms with Gasteiger partial charge in [-0.25, -0.2) is 0 Å². The van der Waals surface area contributed by atoms with Gasteiger partial charge in [-0.3, -0.25) is 0 Å². The van der Waals surface area contributed by atoms with Gasteiger partial charge in [0.2, 0.25) is 0 Å². The number of benzene rings is 1. The molecule has 0 radical (unpaired) electrons. The van der Waals surface area contributed by atoms with E-state index in [0.717, 1.165) is 25.1 Å². The van der Waals surface area contributed by atoms with E-state index in [1.807, 2.05) is 12.1 Å². The molecule has 0 aliphatic carbocycles. The first-order chi connectivity index (χ1) is 8.34. The van der Waals surface area contributed by atoms with Crippen LogP contribution in [0.3, 0.4) is 0 Å². The molecular formula is C14H22Br2N2O. The van der Waals surface area contributed by atoms with Crippen LogP contribution < -0.4 is 5.32 Å². The van der Waals surface area contributed by atoms with Crippen LogP contribution in [0.4, 0.5) is 0 Å². The maximum Gasteiger partial charge on any atom is 0.120 e. The molecule has 3 nitrogen and oxygen atoms in total. The summed E-state index contributed by atoms with van der Waals surface area (Å²) in [4.78, 5) is 2.50. The van der Waals surface area contributed by atoms with Gasteiger partial charge in [0.25, 0.3) is 0 Å². The molecule has 1 unspecified atom stereocenters. The van der Waals surface area contributed by atoms with Crippen LogP contribution in [-0.2, 0) is 6.42 Å². The Morgan fingerprint density at radius 2 is 1.95 bits per heavy atom. The highest BCUT2D eigenvalue weighted by Gasteiger charge is 2.25. The Hall–Kier alpha value is -0.100. The van der Waals surface area contributed by atoms with Crippen molar-refractivity contribution in [1.29, 1.82) is 0 Å². The molecule has 1 aromatic carbocycles. The summed E-state index contributed by atoms with van der Waals surface area (Å²) in [5.74, 6) is 0.457. The molecule has 0 amide bonds. The van der Waals surface area contributed by atoms with E-state index in [0.29, 0.717) is 11.8 Å². The summed E-state index contributed by atoms with van der Waals surface area (Å²) < 4.78 is 0. The molecule has 2 N–H and O–H groups in total. The van der Waals surface area contributed by atoms with E-state index >= 15 is 0 Å². The molecule has 1 aromatic rings. The minimum Gasteiger partial charge on any atom is -0.508 e. The molecule has 0 bridgehead atoms. The second kappa shape index (κ2) is 7.62. The summed E-state index contributed by atoms with van der Waals surface area (Å²) in [5, 5.41) is 13.6. The van der Waals surface area contributed by atoms with Crippen LogP contribution >= 0.6 is 34.0 Å². The minimum atomic E-state index is 0. The lowest BCUT2D eigenvalue weighted by molar-refractivity contribution is 0.283. The predicted octanol–water partition coefficient (Wildman–Crippen LogP) is 2.83. The van der Waals surface area contributed by atoms with Crippen molar-refractivity contribution in [3.8, 4) is 5.75 Å². The van der Waals surface area contributed by atoms with Gasteiger partial charge >= 0.3 is 0 Å². The normalized spacial score (nSPS) is 22.2. The Balaban J connectivity index is 0.000000902. The molecular weight excluding hydrogens is 372 g/mol. The lowest BCUT2D eigenvalue weighted by Crippen LogP contribution is -2.38. The van der Waals surface area contributed by atoms with Crippen molar-refractivity contribution in [2.75, 3.05) is 26.2 Å². The van der Waals surface area contributed by atoms with E-state index in [2.05, 4.69) is 16.3 Å². The predicted molar refractivity (Wildman–Crippen MR) is 88.9 cm³/mol. The monoisotopic (exact) mass is 392 g/mol. The van der Waals surface area contributed by atoms with Crippen LogP contribution in [0.5, 0.6) is 5.75 Å². The van der Waals surface area contributed by atoms with Gasteiger partial charge in [0.1, 0.15) is 5.75 Å². The minimum absolute atomic E-state index is 0. The molecule has 0 aromatic heterocycles. The van der Waals surface area contributed by atoms with E-state index in [1.54, 1.807) is 0 Å². The van der Waals surface area contributed by atoms with Gasteiger partial charge in [-0.05, 0) is 50.5 Å². The average Bonchev–Trinajstić information content (AvgIpc) is 2.82. The van der Waals surface area contributed by atoms with Crippen LogP contribution in [0.1, 0.15) is 30.0 Å². The lowest BCUT2D eigenvalue weighted by Gasteiger charge is -2.30. The highest BCUT2D eigenvalue weighted by atomic mass is 79.9. The maximum absolute atomic E-state index is 10.0. The zero-order chi connectivity index (χ0) is 11.7. The van der Waals surface area contributed by atoms with Gasteiger partial charge in [-0.1, -0.05) is 12.1 Å². The van der Waals surface area contributed by atoms with Crippen LogP contribution in [0.15, 0.2) is 18.2 Å². The number of likely N-dealkylation sites (tertiary alicyclic amines) is 1. The molecule has 19 heavy (non-hydrogen) atoms. The summed E-state index contributed by atoms with van der Waals surface area (Å²) >= 11 is 0. The van der Waals surface area contributed by atoms with Gasteiger partial charge in [-0.15, -0.1) is 34.0 Å². The zero-order valence-electron chi connectivity index (χ0n) is 11.0. The molecule has 1 saturated heterocycles. The molecule has 5 heteroatoms. The molecule has 0 spiro atoms. The van der Waals surface area contributed by atoms with E-state index in [4.69, 9.17) is 0 Å². The Labute approximate surface area is 135 Å². The summed E-state index contributed by atoms with van der Waals surface area (Å²) in [5.41, 5.74) is 2.44. The van der Waals surface area contributed by atoms with Crippen LogP contribution in [0, 0.1) is 0 Å². The summed E-state index contributed by atoms with van der Waals surface area (Å²) in [6.45, 7) is 4.47. The number of phenols is 1. The number of halogens is 2. The van der Waals surface area contributed by atoms with Gasteiger partial charge in [0.05, 0.1) is 0 Å².